The smallest absolute Gasteiger partial charge is 0.317 e. The van der Waals surface area contributed by atoms with Crippen LogP contribution in [0.25, 0.3) is 0 Å². The molecule has 19 heavy (non-hydrogen) atoms. The first-order valence-electron chi connectivity index (χ1n) is 6.53. The Labute approximate surface area is 119 Å². The highest BCUT2D eigenvalue weighted by Crippen LogP contribution is 2.26. The van der Waals surface area contributed by atoms with Gasteiger partial charge in [-0.3, -0.25) is 0 Å². The Bertz CT molecular complexity index is 445. The topological polar surface area (TPSA) is 58.4 Å². The summed E-state index contributed by atoms with van der Waals surface area (Å²) in [7, 11) is 0. The minimum Gasteiger partial charge on any atom is -0.393 e. The van der Waals surface area contributed by atoms with Crippen molar-refractivity contribution in [2.24, 2.45) is 5.73 Å². The third-order valence-electron chi connectivity index (χ3n) is 3.13. The molecule has 2 amide bonds. The van der Waals surface area contributed by atoms with E-state index in [0.717, 1.165) is 18.4 Å². The van der Waals surface area contributed by atoms with Crippen LogP contribution in [0.4, 0.5) is 4.79 Å². The van der Waals surface area contributed by atoms with Crippen molar-refractivity contribution in [3.8, 4) is 0 Å². The second-order valence-electron chi connectivity index (χ2n) is 4.79. The molecule has 0 unspecified atom stereocenters. The molecule has 0 saturated heterocycles. The quantitative estimate of drug-likeness (QED) is 0.782. The lowest BCUT2D eigenvalue weighted by Crippen LogP contribution is -2.42. The maximum atomic E-state index is 12.1. The molecule has 102 valence electrons. The van der Waals surface area contributed by atoms with Crippen LogP contribution in [0.3, 0.4) is 0 Å². The SMILES string of the molecule is NC(=S)CCN(C(=O)NCc1ccccc1)C1CC1. The largest absolute Gasteiger partial charge is 0.393 e. The van der Waals surface area contributed by atoms with Gasteiger partial charge < -0.3 is 16.0 Å². The van der Waals surface area contributed by atoms with Crippen LogP contribution in [-0.2, 0) is 6.54 Å². The highest BCUT2D eigenvalue weighted by atomic mass is 32.1. The lowest BCUT2D eigenvalue weighted by molar-refractivity contribution is 0.196. The van der Waals surface area contributed by atoms with E-state index in [1.165, 1.54) is 0 Å². The molecule has 1 aromatic rings. The Morgan fingerprint density at radius 3 is 2.63 bits per heavy atom. The summed E-state index contributed by atoms with van der Waals surface area (Å²) < 4.78 is 0. The summed E-state index contributed by atoms with van der Waals surface area (Å²) in [6.07, 6.45) is 2.75. The zero-order valence-corrected chi connectivity index (χ0v) is 11.7. The van der Waals surface area contributed by atoms with Crippen molar-refractivity contribution >= 4 is 23.2 Å². The molecule has 0 radical (unpaired) electrons. The van der Waals surface area contributed by atoms with Crippen LogP contribution in [0.1, 0.15) is 24.8 Å². The van der Waals surface area contributed by atoms with Crippen LogP contribution in [0.15, 0.2) is 30.3 Å². The number of nitrogens with zero attached hydrogens (tertiary/aromatic N) is 1. The lowest BCUT2D eigenvalue weighted by atomic mass is 10.2. The summed E-state index contributed by atoms with van der Waals surface area (Å²) in [5.41, 5.74) is 6.60. The Balaban J connectivity index is 1.83. The van der Waals surface area contributed by atoms with Gasteiger partial charge in [-0.2, -0.15) is 0 Å². The summed E-state index contributed by atoms with van der Waals surface area (Å²) >= 11 is 4.87. The molecule has 0 heterocycles. The molecule has 1 saturated carbocycles. The number of rotatable bonds is 6. The van der Waals surface area contributed by atoms with E-state index in [1.54, 1.807) is 0 Å². The zero-order chi connectivity index (χ0) is 13.7. The van der Waals surface area contributed by atoms with E-state index in [9.17, 15) is 4.79 Å². The molecule has 1 fully saturated rings. The number of nitrogens with one attached hydrogen (secondary N) is 1. The van der Waals surface area contributed by atoms with Gasteiger partial charge in [-0.25, -0.2) is 4.79 Å². The number of carbonyl (C=O) groups is 1. The second-order valence-corrected chi connectivity index (χ2v) is 5.31. The number of amides is 2. The van der Waals surface area contributed by atoms with Gasteiger partial charge in [-0.05, 0) is 18.4 Å². The van der Waals surface area contributed by atoms with Crippen LogP contribution < -0.4 is 11.1 Å². The Morgan fingerprint density at radius 1 is 1.37 bits per heavy atom. The van der Waals surface area contributed by atoms with E-state index in [2.05, 4.69) is 5.32 Å². The van der Waals surface area contributed by atoms with E-state index < -0.39 is 0 Å². The molecule has 2 rings (SSSR count). The number of hydrogen-bond acceptors (Lipinski definition) is 2. The number of hydrogen-bond donors (Lipinski definition) is 2. The first kappa shape index (κ1) is 13.8. The maximum absolute atomic E-state index is 12.1. The standard InChI is InChI=1S/C14H19N3OS/c15-13(19)8-9-17(12-6-7-12)14(18)16-10-11-4-2-1-3-5-11/h1-5,12H,6-10H2,(H2,15,19)(H,16,18). The molecule has 3 N–H and O–H groups in total. The predicted octanol–water partition coefficient (Wildman–Crippen LogP) is 2.04. The number of thiocarbonyl (C=S) groups is 1. The van der Waals surface area contributed by atoms with E-state index in [-0.39, 0.29) is 6.03 Å². The van der Waals surface area contributed by atoms with Crippen molar-refractivity contribution in [1.82, 2.24) is 10.2 Å². The van der Waals surface area contributed by atoms with Gasteiger partial charge in [0.2, 0.25) is 0 Å². The Kier molecular flexibility index (Phi) is 4.74. The number of urea groups is 1. The van der Waals surface area contributed by atoms with Gasteiger partial charge in [0.15, 0.2) is 0 Å². The fourth-order valence-electron chi connectivity index (χ4n) is 1.94. The third-order valence-corrected chi connectivity index (χ3v) is 3.34. The first-order chi connectivity index (χ1) is 9.16. The highest BCUT2D eigenvalue weighted by molar-refractivity contribution is 7.80. The van der Waals surface area contributed by atoms with E-state index in [4.69, 9.17) is 18.0 Å². The lowest BCUT2D eigenvalue weighted by Gasteiger charge is -2.22. The summed E-state index contributed by atoms with van der Waals surface area (Å²) in [5, 5.41) is 2.95. The first-order valence-corrected chi connectivity index (χ1v) is 6.94. The molecule has 0 spiro atoms. The van der Waals surface area contributed by atoms with Crippen molar-refractivity contribution in [3.05, 3.63) is 35.9 Å². The van der Waals surface area contributed by atoms with Gasteiger partial charge in [0.25, 0.3) is 0 Å². The van der Waals surface area contributed by atoms with Crippen LogP contribution in [-0.4, -0.2) is 28.5 Å². The summed E-state index contributed by atoms with van der Waals surface area (Å²) in [6.45, 7) is 1.16. The molecule has 0 bridgehead atoms. The van der Waals surface area contributed by atoms with Gasteiger partial charge in [-0.1, -0.05) is 42.5 Å². The summed E-state index contributed by atoms with van der Waals surface area (Å²) in [6, 6.07) is 10.2. The monoisotopic (exact) mass is 277 g/mol. The average molecular weight is 277 g/mol. The van der Waals surface area contributed by atoms with Gasteiger partial charge >= 0.3 is 6.03 Å². The molecule has 1 aliphatic rings. The van der Waals surface area contributed by atoms with Crippen LogP contribution >= 0.6 is 12.2 Å². The van der Waals surface area contributed by atoms with Crippen LogP contribution in [0, 0.1) is 0 Å². The third kappa shape index (κ3) is 4.52. The maximum Gasteiger partial charge on any atom is 0.317 e. The summed E-state index contributed by atoms with van der Waals surface area (Å²) in [5.74, 6) is 0. The summed E-state index contributed by atoms with van der Waals surface area (Å²) in [4.78, 5) is 14.5. The zero-order valence-electron chi connectivity index (χ0n) is 10.8. The van der Waals surface area contributed by atoms with E-state index >= 15 is 0 Å². The molecular formula is C14H19N3OS. The molecule has 4 nitrogen and oxygen atoms in total. The van der Waals surface area contributed by atoms with Crippen LogP contribution in [0.2, 0.25) is 0 Å². The minimum absolute atomic E-state index is 0.0254. The van der Waals surface area contributed by atoms with Crippen LogP contribution in [0.5, 0.6) is 0 Å². The molecule has 1 aromatic carbocycles. The Hall–Kier alpha value is -1.62. The predicted molar refractivity (Wildman–Crippen MR) is 79.8 cm³/mol. The van der Waals surface area contributed by atoms with E-state index in [0.29, 0.717) is 30.5 Å². The molecule has 1 aliphatic carbocycles. The van der Waals surface area contributed by atoms with Crippen molar-refractivity contribution in [2.45, 2.75) is 31.8 Å². The van der Waals surface area contributed by atoms with E-state index in [1.807, 2.05) is 35.2 Å². The van der Waals surface area contributed by atoms with Crippen molar-refractivity contribution in [2.75, 3.05) is 6.54 Å². The molecule has 0 aromatic heterocycles. The number of carbonyl (C=O) groups excluding carboxylic acids is 1. The Morgan fingerprint density at radius 2 is 2.05 bits per heavy atom. The number of benzene rings is 1. The minimum atomic E-state index is -0.0254. The molecule has 0 atom stereocenters. The highest BCUT2D eigenvalue weighted by Gasteiger charge is 2.32. The fraction of sp³-hybridized carbons (Fsp3) is 0.429. The van der Waals surface area contributed by atoms with Gasteiger partial charge in [-0.15, -0.1) is 0 Å². The van der Waals surface area contributed by atoms with Crippen molar-refractivity contribution in [3.63, 3.8) is 0 Å². The second kappa shape index (κ2) is 6.52. The number of nitrogens with two attached hydrogens (primary N) is 1. The van der Waals surface area contributed by atoms with Crippen molar-refractivity contribution in [1.29, 1.82) is 0 Å². The van der Waals surface area contributed by atoms with Gasteiger partial charge in [0, 0.05) is 25.6 Å². The normalized spacial score (nSPS) is 13.9. The fourth-order valence-corrected chi connectivity index (χ4v) is 2.03. The molecular weight excluding hydrogens is 258 g/mol. The van der Waals surface area contributed by atoms with Gasteiger partial charge in [0.1, 0.15) is 0 Å². The van der Waals surface area contributed by atoms with Gasteiger partial charge in [0.05, 0.1) is 4.99 Å². The molecule has 0 aliphatic heterocycles. The average Bonchev–Trinajstić information content (AvgIpc) is 3.22. The molecule has 5 heteroatoms. The van der Waals surface area contributed by atoms with Crippen molar-refractivity contribution < 1.29 is 4.79 Å².